The van der Waals surface area contributed by atoms with Crippen LogP contribution in [0.4, 0.5) is 0 Å². The van der Waals surface area contributed by atoms with Gasteiger partial charge in [-0.25, -0.2) is 0 Å². The zero-order valence-corrected chi connectivity index (χ0v) is 15.2. The van der Waals surface area contributed by atoms with Crippen molar-refractivity contribution in [1.29, 1.82) is 0 Å². The fraction of sp³-hybridized carbons (Fsp3) is 0.263. The Hall–Kier alpha value is -1.98. The van der Waals surface area contributed by atoms with Gasteiger partial charge in [0, 0.05) is 9.92 Å². The Morgan fingerprint density at radius 3 is 2.80 bits per heavy atom. The minimum absolute atomic E-state index is 0.0466. The van der Waals surface area contributed by atoms with Crippen LogP contribution < -0.4 is 5.32 Å². The van der Waals surface area contributed by atoms with Crippen molar-refractivity contribution >= 4 is 35.2 Å². The molecule has 0 radical (unpaired) electrons. The molecule has 0 saturated carbocycles. The van der Waals surface area contributed by atoms with Crippen molar-refractivity contribution in [2.24, 2.45) is 0 Å². The van der Waals surface area contributed by atoms with Gasteiger partial charge in [0.05, 0.1) is 11.6 Å². The van der Waals surface area contributed by atoms with Crippen LogP contribution in [0.1, 0.15) is 40.9 Å². The van der Waals surface area contributed by atoms with E-state index in [1.807, 2.05) is 18.2 Å². The molecule has 0 aliphatic heterocycles. The minimum Gasteiger partial charge on any atom is -0.480 e. The monoisotopic (exact) mass is 375 g/mol. The Kier molecular flexibility index (Phi) is 5.35. The first kappa shape index (κ1) is 17.8. The van der Waals surface area contributed by atoms with Crippen LogP contribution in [-0.2, 0) is 11.2 Å². The average Bonchev–Trinajstić information content (AvgIpc) is 2.97. The molecule has 0 aromatic heterocycles. The van der Waals surface area contributed by atoms with Gasteiger partial charge in [-0.15, -0.1) is 11.8 Å². The van der Waals surface area contributed by atoms with Crippen LogP contribution in [0.3, 0.4) is 0 Å². The number of aliphatic carboxylic acids is 1. The van der Waals surface area contributed by atoms with Gasteiger partial charge < -0.3 is 10.4 Å². The molecule has 2 atom stereocenters. The van der Waals surface area contributed by atoms with Crippen LogP contribution in [0, 0.1) is 0 Å². The van der Waals surface area contributed by atoms with Gasteiger partial charge in [-0.05, 0) is 55.2 Å². The van der Waals surface area contributed by atoms with Crippen LogP contribution in [0.2, 0.25) is 5.02 Å². The van der Waals surface area contributed by atoms with Crippen molar-refractivity contribution in [3.05, 3.63) is 64.2 Å². The molecule has 0 saturated heterocycles. The van der Waals surface area contributed by atoms with Gasteiger partial charge in [-0.2, -0.15) is 0 Å². The van der Waals surface area contributed by atoms with Crippen LogP contribution in [0.25, 0.3) is 0 Å². The number of carbonyl (C=O) groups is 2. The maximum absolute atomic E-state index is 12.8. The molecule has 0 fully saturated rings. The predicted molar refractivity (Wildman–Crippen MR) is 99.4 cm³/mol. The van der Waals surface area contributed by atoms with E-state index >= 15 is 0 Å². The minimum atomic E-state index is -0.901. The van der Waals surface area contributed by atoms with E-state index in [9.17, 15) is 9.59 Å². The summed E-state index contributed by atoms with van der Waals surface area (Å²) in [6, 6.07) is 12.8. The summed E-state index contributed by atoms with van der Waals surface area (Å²) in [5.41, 5.74) is 2.77. The molecule has 1 amide bonds. The molecule has 25 heavy (non-hydrogen) atoms. The Balaban J connectivity index is 1.78. The quantitative estimate of drug-likeness (QED) is 0.763. The third-order valence-electron chi connectivity index (χ3n) is 4.27. The lowest BCUT2D eigenvalue weighted by molar-refractivity contribution is -0.136. The van der Waals surface area contributed by atoms with Crippen molar-refractivity contribution < 1.29 is 14.7 Å². The van der Waals surface area contributed by atoms with E-state index in [-0.39, 0.29) is 11.9 Å². The molecule has 130 valence electrons. The van der Waals surface area contributed by atoms with E-state index in [4.69, 9.17) is 16.7 Å². The molecular weight excluding hydrogens is 358 g/mol. The van der Waals surface area contributed by atoms with E-state index in [1.54, 1.807) is 31.2 Å². The van der Waals surface area contributed by atoms with Crippen molar-refractivity contribution in [2.75, 3.05) is 0 Å². The maximum Gasteiger partial charge on any atom is 0.316 e. The number of nitrogens with one attached hydrogen (secondary N) is 1. The third-order valence-corrected chi connectivity index (χ3v) is 5.67. The van der Waals surface area contributed by atoms with Crippen LogP contribution in [0.15, 0.2) is 47.4 Å². The summed E-state index contributed by atoms with van der Waals surface area (Å²) in [7, 11) is 0. The van der Waals surface area contributed by atoms with E-state index in [0.717, 1.165) is 18.4 Å². The second-order valence-corrected chi connectivity index (χ2v) is 7.82. The molecule has 0 heterocycles. The fourth-order valence-corrected chi connectivity index (χ4v) is 4.09. The molecule has 4 nitrogen and oxygen atoms in total. The lowest BCUT2D eigenvalue weighted by Gasteiger charge is -2.16. The molecule has 2 aromatic rings. The van der Waals surface area contributed by atoms with Crippen molar-refractivity contribution in [2.45, 2.75) is 36.0 Å². The lowest BCUT2D eigenvalue weighted by Crippen LogP contribution is -2.27. The van der Waals surface area contributed by atoms with Crippen LogP contribution in [0.5, 0.6) is 0 Å². The number of carboxylic acids is 1. The van der Waals surface area contributed by atoms with Gasteiger partial charge in [-0.3, -0.25) is 9.59 Å². The SMILES string of the molecule is CC(Sc1ccccc1C(=O)NC1CCc2cc(Cl)ccc21)C(=O)O. The molecule has 2 N–H and O–H groups in total. The van der Waals surface area contributed by atoms with Crippen molar-refractivity contribution in [1.82, 2.24) is 5.32 Å². The number of halogens is 1. The zero-order chi connectivity index (χ0) is 18.0. The molecule has 3 rings (SSSR count). The zero-order valence-electron chi connectivity index (χ0n) is 13.7. The van der Waals surface area contributed by atoms with E-state index in [1.165, 1.54) is 17.3 Å². The second-order valence-electron chi connectivity index (χ2n) is 6.00. The highest BCUT2D eigenvalue weighted by Crippen LogP contribution is 2.34. The second kappa shape index (κ2) is 7.50. The average molecular weight is 376 g/mol. The summed E-state index contributed by atoms with van der Waals surface area (Å²) in [4.78, 5) is 24.5. The number of hydrogen-bond acceptors (Lipinski definition) is 3. The Labute approximate surface area is 155 Å². The number of benzene rings is 2. The number of aryl methyl sites for hydroxylation is 1. The highest BCUT2D eigenvalue weighted by molar-refractivity contribution is 8.00. The summed E-state index contributed by atoms with van der Waals surface area (Å²) in [6.45, 7) is 1.61. The van der Waals surface area contributed by atoms with E-state index in [0.29, 0.717) is 15.5 Å². The number of amides is 1. The summed E-state index contributed by atoms with van der Waals surface area (Å²) < 4.78 is 0. The predicted octanol–water partition coefficient (Wildman–Crippen LogP) is 4.32. The fourth-order valence-electron chi connectivity index (χ4n) is 2.97. The Morgan fingerprint density at radius 1 is 1.28 bits per heavy atom. The molecule has 1 aliphatic carbocycles. The van der Waals surface area contributed by atoms with Gasteiger partial charge in [0.2, 0.25) is 0 Å². The Bertz CT molecular complexity index is 824. The van der Waals surface area contributed by atoms with Crippen molar-refractivity contribution in [3.63, 3.8) is 0 Å². The number of hydrogen-bond donors (Lipinski definition) is 2. The highest BCUT2D eigenvalue weighted by Gasteiger charge is 2.25. The van der Waals surface area contributed by atoms with Gasteiger partial charge in [0.25, 0.3) is 5.91 Å². The first-order chi connectivity index (χ1) is 12.0. The van der Waals surface area contributed by atoms with Crippen LogP contribution >= 0.6 is 23.4 Å². The number of rotatable bonds is 5. The van der Waals surface area contributed by atoms with Crippen molar-refractivity contribution in [3.8, 4) is 0 Å². The molecule has 0 spiro atoms. The number of carbonyl (C=O) groups excluding carboxylic acids is 1. The summed E-state index contributed by atoms with van der Waals surface area (Å²) in [6.07, 6.45) is 1.72. The molecule has 1 aliphatic rings. The van der Waals surface area contributed by atoms with E-state index < -0.39 is 11.2 Å². The highest BCUT2D eigenvalue weighted by atomic mass is 35.5. The van der Waals surface area contributed by atoms with Gasteiger partial charge in [0.1, 0.15) is 5.25 Å². The summed E-state index contributed by atoms with van der Waals surface area (Å²) >= 11 is 7.20. The number of fused-ring (bicyclic) bond motifs is 1. The number of thioether (sulfide) groups is 1. The van der Waals surface area contributed by atoms with Gasteiger partial charge >= 0.3 is 5.97 Å². The maximum atomic E-state index is 12.8. The topological polar surface area (TPSA) is 66.4 Å². The van der Waals surface area contributed by atoms with Gasteiger partial charge in [0.15, 0.2) is 0 Å². The molecular formula is C19H18ClNO3S. The third kappa shape index (κ3) is 3.99. The van der Waals surface area contributed by atoms with Crippen LogP contribution in [-0.4, -0.2) is 22.2 Å². The summed E-state index contributed by atoms with van der Waals surface area (Å²) in [5, 5.41) is 12.3. The summed E-state index contributed by atoms with van der Waals surface area (Å²) in [5.74, 6) is -1.09. The first-order valence-corrected chi connectivity index (χ1v) is 9.29. The normalized spacial score (nSPS) is 17.0. The molecule has 2 aromatic carbocycles. The molecule has 0 bridgehead atoms. The standard InChI is InChI=1S/C19H18ClNO3S/c1-11(19(23)24)25-17-5-3-2-4-15(17)18(22)21-16-9-6-12-10-13(20)7-8-14(12)16/h2-5,7-8,10-11,16H,6,9H2,1H3,(H,21,22)(H,23,24). The Morgan fingerprint density at radius 2 is 2.04 bits per heavy atom. The largest absolute Gasteiger partial charge is 0.480 e. The molecule has 2 unspecified atom stereocenters. The lowest BCUT2D eigenvalue weighted by atomic mass is 10.1. The first-order valence-electron chi connectivity index (χ1n) is 8.03. The number of carboxylic acid groups (broad SMARTS) is 1. The van der Waals surface area contributed by atoms with Gasteiger partial charge in [-0.1, -0.05) is 29.8 Å². The smallest absolute Gasteiger partial charge is 0.316 e. The molecule has 6 heteroatoms. The van der Waals surface area contributed by atoms with E-state index in [2.05, 4.69) is 5.32 Å².